The molecule has 1 atom stereocenters. The molecule has 2 aromatic carbocycles. The van der Waals surface area contributed by atoms with Crippen LogP contribution < -0.4 is 16.2 Å². The van der Waals surface area contributed by atoms with Crippen molar-refractivity contribution in [3.63, 3.8) is 0 Å². The Labute approximate surface area is 173 Å². The molecule has 0 fully saturated rings. The van der Waals surface area contributed by atoms with Crippen molar-refractivity contribution in [3.05, 3.63) is 63.7 Å². The predicted octanol–water partition coefficient (Wildman–Crippen LogP) is 3.96. The minimum Gasteiger partial charge on any atom is -0.331 e. The van der Waals surface area contributed by atoms with E-state index in [1.807, 2.05) is 25.1 Å². The molecule has 0 aliphatic carbocycles. The van der Waals surface area contributed by atoms with Crippen LogP contribution in [0.5, 0.6) is 0 Å². The number of thiocarbonyl (C=S) groups is 1. The van der Waals surface area contributed by atoms with Crippen LogP contribution in [0.2, 0.25) is 0 Å². The van der Waals surface area contributed by atoms with Gasteiger partial charge >= 0.3 is 0 Å². The number of amides is 1. The van der Waals surface area contributed by atoms with Gasteiger partial charge in [-0.25, -0.2) is 0 Å². The molecule has 0 saturated carbocycles. The van der Waals surface area contributed by atoms with E-state index in [4.69, 9.17) is 12.2 Å². The van der Waals surface area contributed by atoms with Gasteiger partial charge in [0.25, 0.3) is 11.6 Å². The first-order valence-corrected chi connectivity index (χ1v) is 9.97. The monoisotopic (exact) mass is 418 g/mol. The van der Waals surface area contributed by atoms with Gasteiger partial charge in [0.05, 0.1) is 10.2 Å². The second-order valence-corrected chi connectivity index (χ2v) is 7.86. The number of anilines is 1. The summed E-state index contributed by atoms with van der Waals surface area (Å²) in [4.78, 5) is 23.3. The van der Waals surface area contributed by atoms with E-state index in [1.54, 1.807) is 19.1 Å². The molecular weight excluding hydrogens is 396 g/mol. The van der Waals surface area contributed by atoms with Gasteiger partial charge in [-0.3, -0.25) is 25.8 Å². The second kappa shape index (κ2) is 10.0. The molecule has 0 saturated heterocycles. The fourth-order valence-electron chi connectivity index (χ4n) is 2.47. The first kappa shape index (κ1) is 21.6. The summed E-state index contributed by atoms with van der Waals surface area (Å²) < 4.78 is 0. The topological polar surface area (TPSA) is 96.3 Å². The molecular formula is C19H22N4O3S2. The molecule has 0 heterocycles. The van der Waals surface area contributed by atoms with E-state index in [9.17, 15) is 14.9 Å². The molecule has 9 heteroatoms. The van der Waals surface area contributed by atoms with Crippen molar-refractivity contribution in [2.75, 3.05) is 5.32 Å². The highest BCUT2D eigenvalue weighted by Crippen LogP contribution is 2.25. The zero-order valence-electron chi connectivity index (χ0n) is 15.8. The quantitative estimate of drug-likeness (QED) is 0.283. The first-order valence-electron chi connectivity index (χ1n) is 8.68. The van der Waals surface area contributed by atoms with Crippen LogP contribution in [0.15, 0.2) is 47.4 Å². The lowest BCUT2D eigenvalue weighted by Gasteiger charge is -2.17. The lowest BCUT2D eigenvalue weighted by Crippen LogP contribution is -2.46. The Morgan fingerprint density at radius 1 is 1.21 bits per heavy atom. The number of aryl methyl sites for hydroxylation is 2. The number of rotatable bonds is 6. The third-order valence-electron chi connectivity index (χ3n) is 4.01. The van der Waals surface area contributed by atoms with E-state index in [1.165, 1.54) is 23.9 Å². The molecule has 3 N–H and O–H groups in total. The van der Waals surface area contributed by atoms with Crippen molar-refractivity contribution in [1.29, 1.82) is 0 Å². The average molecular weight is 419 g/mol. The summed E-state index contributed by atoms with van der Waals surface area (Å²) in [6.07, 6.45) is 0.863. The number of nitrogens with one attached hydrogen (secondary N) is 3. The predicted molar refractivity (Wildman–Crippen MR) is 116 cm³/mol. The van der Waals surface area contributed by atoms with E-state index in [0.717, 1.165) is 28.1 Å². The Bertz CT molecular complexity index is 872. The smallest absolute Gasteiger partial charge is 0.269 e. The Morgan fingerprint density at radius 2 is 1.89 bits per heavy atom. The van der Waals surface area contributed by atoms with Gasteiger partial charge in [0.1, 0.15) is 0 Å². The molecule has 0 spiro atoms. The number of thioether (sulfide) groups is 1. The Morgan fingerprint density at radius 3 is 2.50 bits per heavy atom. The minimum absolute atomic E-state index is 0.0159. The molecule has 2 rings (SSSR count). The minimum atomic E-state index is -0.457. The number of carbonyl (C=O) groups excluding carboxylic acids is 1. The van der Waals surface area contributed by atoms with Crippen LogP contribution in [0, 0.1) is 17.0 Å². The highest BCUT2D eigenvalue weighted by Gasteiger charge is 2.15. The number of nitro groups is 1. The number of carbonyl (C=O) groups is 1. The molecule has 28 heavy (non-hydrogen) atoms. The van der Waals surface area contributed by atoms with Gasteiger partial charge in [-0.15, -0.1) is 11.8 Å². The van der Waals surface area contributed by atoms with E-state index < -0.39 is 10.2 Å². The third kappa shape index (κ3) is 5.93. The first-order chi connectivity index (χ1) is 13.3. The molecule has 0 aromatic heterocycles. The van der Waals surface area contributed by atoms with Gasteiger partial charge in [-0.2, -0.15) is 0 Å². The van der Waals surface area contributed by atoms with Crippen LogP contribution in [-0.4, -0.2) is 21.2 Å². The van der Waals surface area contributed by atoms with Crippen LogP contribution in [0.25, 0.3) is 0 Å². The zero-order valence-corrected chi connectivity index (χ0v) is 17.4. The number of nitro benzene ring substituents is 1. The lowest BCUT2D eigenvalue weighted by molar-refractivity contribution is -0.384. The van der Waals surface area contributed by atoms with E-state index in [-0.39, 0.29) is 11.6 Å². The number of nitrogens with zero attached hydrogens (tertiary/aromatic N) is 1. The summed E-state index contributed by atoms with van der Waals surface area (Å²) >= 11 is 6.57. The fourth-order valence-corrected chi connectivity index (χ4v) is 3.49. The molecule has 0 aliphatic heterocycles. The number of hydrazine groups is 1. The number of benzene rings is 2. The summed E-state index contributed by atoms with van der Waals surface area (Å²) in [6.45, 7) is 5.80. The van der Waals surface area contributed by atoms with Crippen molar-refractivity contribution < 1.29 is 9.72 Å². The van der Waals surface area contributed by atoms with Crippen molar-refractivity contribution in [2.45, 2.75) is 37.3 Å². The molecule has 0 unspecified atom stereocenters. The van der Waals surface area contributed by atoms with Gasteiger partial charge in [-0.1, -0.05) is 25.1 Å². The Kier molecular flexibility index (Phi) is 7.77. The van der Waals surface area contributed by atoms with Crippen LogP contribution in [0.1, 0.15) is 25.0 Å². The maximum absolute atomic E-state index is 12.3. The van der Waals surface area contributed by atoms with Crippen molar-refractivity contribution in [2.24, 2.45) is 0 Å². The standard InChI is InChI=1S/C19H22N4O3S2/c1-4-14-7-5-6-12(2)17(14)20-19(27)22-21-18(24)13(3)28-16-10-8-15(9-11-16)23(25)26/h5-11,13H,4H2,1-3H3,(H,21,24)(H2,20,22,27)/t13-/m1/s1. The summed E-state index contributed by atoms with van der Waals surface area (Å²) in [6, 6.07) is 12.1. The normalized spacial score (nSPS) is 11.4. The summed E-state index contributed by atoms with van der Waals surface area (Å²) in [7, 11) is 0. The zero-order chi connectivity index (χ0) is 20.7. The van der Waals surface area contributed by atoms with Crippen LogP contribution in [-0.2, 0) is 11.2 Å². The average Bonchev–Trinajstić information content (AvgIpc) is 2.68. The lowest BCUT2D eigenvalue weighted by atomic mass is 10.1. The van der Waals surface area contributed by atoms with Gasteiger partial charge in [0, 0.05) is 22.7 Å². The number of hydrogen-bond acceptors (Lipinski definition) is 5. The largest absolute Gasteiger partial charge is 0.331 e. The van der Waals surface area contributed by atoms with Crippen LogP contribution in [0.3, 0.4) is 0 Å². The third-order valence-corrected chi connectivity index (χ3v) is 5.32. The molecule has 7 nitrogen and oxygen atoms in total. The molecule has 1 amide bonds. The Hall–Kier alpha value is -2.65. The molecule has 2 aromatic rings. The van der Waals surface area contributed by atoms with Gasteiger partial charge in [-0.05, 0) is 55.7 Å². The van der Waals surface area contributed by atoms with Crippen molar-refractivity contribution >= 4 is 46.4 Å². The van der Waals surface area contributed by atoms with E-state index in [0.29, 0.717) is 5.11 Å². The van der Waals surface area contributed by atoms with Crippen LogP contribution >= 0.6 is 24.0 Å². The molecule has 0 bridgehead atoms. The second-order valence-electron chi connectivity index (χ2n) is 6.04. The summed E-state index contributed by atoms with van der Waals surface area (Å²) in [5.74, 6) is -0.256. The van der Waals surface area contributed by atoms with Crippen LogP contribution in [0.4, 0.5) is 11.4 Å². The maximum Gasteiger partial charge on any atom is 0.269 e. The maximum atomic E-state index is 12.3. The highest BCUT2D eigenvalue weighted by molar-refractivity contribution is 8.00. The summed E-state index contributed by atoms with van der Waals surface area (Å²) in [5, 5.41) is 13.7. The molecule has 0 radical (unpaired) electrons. The summed E-state index contributed by atoms with van der Waals surface area (Å²) in [5.41, 5.74) is 8.46. The van der Waals surface area contributed by atoms with Gasteiger partial charge in [0.15, 0.2) is 5.11 Å². The van der Waals surface area contributed by atoms with E-state index >= 15 is 0 Å². The number of hydrogen-bond donors (Lipinski definition) is 3. The highest BCUT2D eigenvalue weighted by atomic mass is 32.2. The number of para-hydroxylation sites is 1. The molecule has 0 aliphatic rings. The number of non-ortho nitro benzene ring substituents is 1. The fraction of sp³-hybridized carbons (Fsp3) is 0.263. The molecule has 148 valence electrons. The van der Waals surface area contributed by atoms with Gasteiger partial charge in [0.2, 0.25) is 0 Å². The van der Waals surface area contributed by atoms with Crippen molar-refractivity contribution in [3.8, 4) is 0 Å². The Balaban J connectivity index is 1.87. The van der Waals surface area contributed by atoms with Crippen molar-refractivity contribution in [1.82, 2.24) is 10.9 Å². The SMILES string of the molecule is CCc1cccc(C)c1NC(=S)NNC(=O)[C@@H](C)Sc1ccc([N+](=O)[O-])cc1. The van der Waals surface area contributed by atoms with E-state index in [2.05, 4.69) is 23.1 Å². The van der Waals surface area contributed by atoms with Gasteiger partial charge < -0.3 is 5.32 Å².